The normalized spacial score (nSPS) is 9.50. The molecule has 0 bridgehead atoms. The van der Waals surface area contributed by atoms with E-state index < -0.39 is 5.95 Å². The fraction of sp³-hybridized carbons (Fsp3) is 0.167. The quantitative estimate of drug-likeness (QED) is 0.562. The number of hydrogen-bond donors (Lipinski definition) is 0. The van der Waals surface area contributed by atoms with E-state index in [0.29, 0.717) is 5.88 Å². The zero-order chi connectivity index (χ0) is 7.56. The number of nitrogens with zero attached hydrogens (tertiary/aromatic N) is 1. The molecule has 0 spiro atoms. The monoisotopic (exact) mass is 253 g/mol. The minimum Gasteiger partial charge on any atom is -0.480 e. The minimum atomic E-state index is -0.516. The summed E-state index contributed by atoms with van der Waals surface area (Å²) in [6.07, 6.45) is 0. The van der Waals surface area contributed by atoms with Gasteiger partial charge in [-0.1, -0.05) is 0 Å². The Balaban J connectivity index is 3.09. The van der Waals surface area contributed by atoms with Crippen LogP contribution in [0, 0.1) is 9.52 Å². The van der Waals surface area contributed by atoms with E-state index in [-0.39, 0.29) is 0 Å². The maximum Gasteiger partial charge on any atom is 0.229 e. The van der Waals surface area contributed by atoms with Crippen molar-refractivity contribution in [2.24, 2.45) is 0 Å². The zero-order valence-corrected chi connectivity index (χ0v) is 7.42. The molecule has 0 aliphatic carbocycles. The molecule has 0 aromatic carbocycles. The van der Waals surface area contributed by atoms with Gasteiger partial charge >= 0.3 is 0 Å². The van der Waals surface area contributed by atoms with Gasteiger partial charge in [-0.25, -0.2) is 0 Å². The van der Waals surface area contributed by atoms with E-state index in [0.717, 1.165) is 3.57 Å². The molecule has 54 valence electrons. The van der Waals surface area contributed by atoms with Crippen molar-refractivity contribution in [3.05, 3.63) is 21.7 Å². The third kappa shape index (κ3) is 1.56. The Morgan fingerprint density at radius 3 is 2.80 bits per heavy atom. The van der Waals surface area contributed by atoms with Crippen molar-refractivity contribution < 1.29 is 9.13 Å². The minimum absolute atomic E-state index is 0.334. The van der Waals surface area contributed by atoms with Crippen LogP contribution in [-0.2, 0) is 0 Å². The van der Waals surface area contributed by atoms with Gasteiger partial charge in [0.05, 0.1) is 10.7 Å². The summed E-state index contributed by atoms with van der Waals surface area (Å²) in [6, 6.07) is 2.91. The van der Waals surface area contributed by atoms with Crippen molar-refractivity contribution in [1.82, 2.24) is 4.98 Å². The Labute approximate surface area is 71.6 Å². The van der Waals surface area contributed by atoms with Crippen LogP contribution >= 0.6 is 22.6 Å². The molecule has 4 heteroatoms. The average Bonchev–Trinajstić information content (AvgIpc) is 1.94. The van der Waals surface area contributed by atoms with Crippen LogP contribution in [-0.4, -0.2) is 12.1 Å². The van der Waals surface area contributed by atoms with E-state index in [1.807, 2.05) is 22.6 Å². The van der Waals surface area contributed by atoms with Crippen LogP contribution < -0.4 is 4.74 Å². The molecule has 0 saturated heterocycles. The predicted octanol–water partition coefficient (Wildman–Crippen LogP) is 1.83. The number of aromatic nitrogens is 1. The Morgan fingerprint density at radius 1 is 1.60 bits per heavy atom. The van der Waals surface area contributed by atoms with Gasteiger partial charge in [-0.05, 0) is 34.7 Å². The molecule has 0 radical (unpaired) electrons. The van der Waals surface area contributed by atoms with E-state index in [2.05, 4.69) is 4.98 Å². The number of rotatable bonds is 1. The smallest absolute Gasteiger partial charge is 0.229 e. The summed E-state index contributed by atoms with van der Waals surface area (Å²) in [6.45, 7) is 0. The highest BCUT2D eigenvalue weighted by Gasteiger charge is 2.00. The van der Waals surface area contributed by atoms with Gasteiger partial charge in [-0.3, -0.25) is 0 Å². The third-order valence-corrected chi connectivity index (χ3v) is 1.79. The van der Waals surface area contributed by atoms with Gasteiger partial charge in [0.1, 0.15) is 0 Å². The first-order chi connectivity index (χ1) is 4.74. The SMILES string of the molecule is COc1nc(F)ccc1I. The fourth-order valence-electron chi connectivity index (χ4n) is 0.544. The van der Waals surface area contributed by atoms with Gasteiger partial charge in [0, 0.05) is 0 Å². The molecular weight excluding hydrogens is 248 g/mol. The van der Waals surface area contributed by atoms with Crippen molar-refractivity contribution in [2.45, 2.75) is 0 Å². The standard InChI is InChI=1S/C6H5FINO/c1-10-6-4(8)2-3-5(7)9-6/h2-3H,1H3. The highest BCUT2D eigenvalue weighted by Crippen LogP contribution is 2.16. The first kappa shape index (κ1) is 7.71. The molecule has 1 rings (SSSR count). The summed E-state index contributed by atoms with van der Waals surface area (Å²) in [4.78, 5) is 3.49. The molecule has 1 aromatic heterocycles. The summed E-state index contributed by atoms with van der Waals surface area (Å²) < 4.78 is 17.9. The molecule has 0 unspecified atom stereocenters. The molecular formula is C6H5FINO. The molecule has 0 aliphatic heterocycles. The topological polar surface area (TPSA) is 22.1 Å². The van der Waals surface area contributed by atoms with Crippen LogP contribution in [0.5, 0.6) is 5.88 Å². The van der Waals surface area contributed by atoms with Crippen LogP contribution in [0.3, 0.4) is 0 Å². The maximum atomic E-state index is 12.3. The van der Waals surface area contributed by atoms with E-state index in [1.165, 1.54) is 13.2 Å². The number of halogens is 2. The van der Waals surface area contributed by atoms with E-state index >= 15 is 0 Å². The van der Waals surface area contributed by atoms with Crippen LogP contribution in [0.15, 0.2) is 12.1 Å². The Hall–Kier alpha value is -0.390. The van der Waals surface area contributed by atoms with E-state index in [4.69, 9.17) is 4.74 Å². The molecule has 2 nitrogen and oxygen atoms in total. The van der Waals surface area contributed by atoms with Crippen molar-refractivity contribution in [1.29, 1.82) is 0 Å². The third-order valence-electron chi connectivity index (χ3n) is 0.973. The summed E-state index contributed by atoms with van der Waals surface area (Å²) in [5, 5.41) is 0. The number of hydrogen-bond acceptors (Lipinski definition) is 2. The highest BCUT2D eigenvalue weighted by molar-refractivity contribution is 14.1. The number of ether oxygens (including phenoxy) is 1. The van der Waals surface area contributed by atoms with Crippen molar-refractivity contribution in [3.63, 3.8) is 0 Å². The van der Waals surface area contributed by atoms with Crippen molar-refractivity contribution in [2.75, 3.05) is 7.11 Å². The molecule has 1 aromatic rings. The first-order valence-corrected chi connectivity index (χ1v) is 3.68. The molecule has 1 heterocycles. The first-order valence-electron chi connectivity index (χ1n) is 2.60. The fourth-order valence-corrected chi connectivity index (χ4v) is 1.06. The van der Waals surface area contributed by atoms with Gasteiger partial charge < -0.3 is 4.74 Å². The second-order valence-corrected chi connectivity index (χ2v) is 2.79. The van der Waals surface area contributed by atoms with Crippen LogP contribution in [0.25, 0.3) is 0 Å². The predicted molar refractivity (Wildman–Crippen MR) is 43.5 cm³/mol. The molecule has 0 amide bonds. The lowest BCUT2D eigenvalue weighted by Gasteiger charge is -1.99. The Bertz CT molecular complexity index is 241. The molecule has 0 fully saturated rings. The maximum absolute atomic E-state index is 12.3. The van der Waals surface area contributed by atoms with Crippen LogP contribution in [0.4, 0.5) is 4.39 Å². The highest BCUT2D eigenvalue weighted by atomic mass is 127. The van der Waals surface area contributed by atoms with Gasteiger partial charge in [-0.2, -0.15) is 9.37 Å². The largest absolute Gasteiger partial charge is 0.480 e. The van der Waals surface area contributed by atoms with Crippen molar-refractivity contribution in [3.8, 4) is 5.88 Å². The number of pyridine rings is 1. The van der Waals surface area contributed by atoms with Gasteiger partial charge in [0.2, 0.25) is 11.8 Å². The summed E-state index contributed by atoms with van der Waals surface area (Å²) >= 11 is 2.02. The lowest BCUT2D eigenvalue weighted by molar-refractivity contribution is 0.384. The molecule has 0 aliphatic rings. The van der Waals surface area contributed by atoms with E-state index in [1.54, 1.807) is 6.07 Å². The lowest BCUT2D eigenvalue weighted by Crippen LogP contribution is -1.92. The molecule has 10 heavy (non-hydrogen) atoms. The zero-order valence-electron chi connectivity index (χ0n) is 5.27. The average molecular weight is 253 g/mol. The van der Waals surface area contributed by atoms with Gasteiger partial charge in [-0.15, -0.1) is 0 Å². The number of methoxy groups -OCH3 is 1. The Kier molecular flexibility index (Phi) is 2.42. The van der Waals surface area contributed by atoms with E-state index in [9.17, 15) is 4.39 Å². The summed E-state index contributed by atoms with van der Waals surface area (Å²) in [5.41, 5.74) is 0. The Morgan fingerprint density at radius 2 is 2.30 bits per heavy atom. The molecule has 0 N–H and O–H groups in total. The van der Waals surface area contributed by atoms with Crippen LogP contribution in [0.2, 0.25) is 0 Å². The second kappa shape index (κ2) is 3.14. The summed E-state index contributed by atoms with van der Waals surface area (Å²) in [5.74, 6) is -0.183. The summed E-state index contributed by atoms with van der Waals surface area (Å²) in [7, 11) is 1.46. The van der Waals surface area contributed by atoms with Crippen molar-refractivity contribution >= 4 is 22.6 Å². The van der Waals surface area contributed by atoms with Gasteiger partial charge in [0.25, 0.3) is 0 Å². The van der Waals surface area contributed by atoms with Gasteiger partial charge in [0.15, 0.2) is 0 Å². The second-order valence-electron chi connectivity index (χ2n) is 1.63. The molecule has 0 atom stereocenters. The molecule has 0 saturated carbocycles. The van der Waals surface area contributed by atoms with Crippen LogP contribution in [0.1, 0.15) is 0 Å². The lowest BCUT2D eigenvalue weighted by atomic mass is 10.5.